The molecule has 1 aromatic carbocycles. The van der Waals surface area contributed by atoms with Crippen molar-refractivity contribution >= 4 is 29.0 Å². The van der Waals surface area contributed by atoms with Crippen molar-refractivity contribution in [3.8, 4) is 5.75 Å². The Morgan fingerprint density at radius 2 is 1.85 bits per heavy atom. The molecule has 1 fully saturated rings. The average Bonchev–Trinajstić information content (AvgIpc) is 2.63. The summed E-state index contributed by atoms with van der Waals surface area (Å²) in [7, 11) is 0. The van der Waals surface area contributed by atoms with Gasteiger partial charge in [0.2, 0.25) is 0 Å². The summed E-state index contributed by atoms with van der Waals surface area (Å²) in [4.78, 5) is 18.1. The molecule has 0 amide bonds. The van der Waals surface area contributed by atoms with Crippen LogP contribution < -0.4 is 16.2 Å². The van der Waals surface area contributed by atoms with E-state index >= 15 is 0 Å². The number of pyridine rings is 1. The standard InChI is InChI=1S/C17H20N6O3/c18-15-6-5-13(17(19)20-15)22-21-12-3-1-2-4-14(12)26-16(24)11-23-7-9-25-10-8-23/h1-6H,7-11H2,(H4,18,19,20). The monoisotopic (exact) mass is 356 g/mol. The third kappa shape index (κ3) is 4.74. The number of rotatable bonds is 5. The first-order valence-electron chi connectivity index (χ1n) is 8.15. The summed E-state index contributed by atoms with van der Waals surface area (Å²) in [6, 6.07) is 10.1. The fourth-order valence-corrected chi connectivity index (χ4v) is 2.40. The molecule has 0 radical (unpaired) electrons. The van der Waals surface area contributed by atoms with E-state index in [1.807, 2.05) is 4.90 Å². The van der Waals surface area contributed by atoms with Gasteiger partial charge in [-0.15, -0.1) is 10.2 Å². The second-order valence-corrected chi connectivity index (χ2v) is 5.67. The number of azo groups is 1. The van der Waals surface area contributed by atoms with Crippen molar-refractivity contribution in [1.29, 1.82) is 0 Å². The minimum Gasteiger partial charge on any atom is -0.423 e. The summed E-state index contributed by atoms with van der Waals surface area (Å²) >= 11 is 0. The van der Waals surface area contributed by atoms with Gasteiger partial charge in [0.25, 0.3) is 0 Å². The Kier molecular flexibility index (Phi) is 5.72. The number of aromatic nitrogens is 1. The third-order valence-corrected chi connectivity index (χ3v) is 3.73. The van der Waals surface area contributed by atoms with Gasteiger partial charge in [-0.1, -0.05) is 12.1 Å². The molecule has 26 heavy (non-hydrogen) atoms. The molecule has 1 aliphatic heterocycles. The molecule has 136 valence electrons. The van der Waals surface area contributed by atoms with Crippen molar-refractivity contribution < 1.29 is 14.3 Å². The molecule has 0 atom stereocenters. The van der Waals surface area contributed by atoms with Crippen molar-refractivity contribution in [2.24, 2.45) is 10.2 Å². The maximum Gasteiger partial charge on any atom is 0.325 e. The molecule has 9 nitrogen and oxygen atoms in total. The first kappa shape index (κ1) is 17.8. The highest BCUT2D eigenvalue weighted by atomic mass is 16.5. The molecule has 4 N–H and O–H groups in total. The molecule has 1 aromatic heterocycles. The van der Waals surface area contributed by atoms with Crippen LogP contribution in [0.1, 0.15) is 0 Å². The zero-order valence-electron chi connectivity index (χ0n) is 14.2. The van der Waals surface area contributed by atoms with Crippen LogP contribution >= 0.6 is 0 Å². The van der Waals surface area contributed by atoms with E-state index in [0.717, 1.165) is 0 Å². The number of morpholine rings is 1. The maximum atomic E-state index is 12.2. The molecule has 0 saturated carbocycles. The lowest BCUT2D eigenvalue weighted by Crippen LogP contribution is -2.40. The number of carbonyl (C=O) groups excluding carboxylic acids is 1. The van der Waals surface area contributed by atoms with E-state index in [1.54, 1.807) is 36.4 Å². The van der Waals surface area contributed by atoms with Gasteiger partial charge in [0.15, 0.2) is 11.6 Å². The Labute approximate surface area is 150 Å². The van der Waals surface area contributed by atoms with Gasteiger partial charge in [-0.2, -0.15) is 0 Å². The molecule has 0 unspecified atom stereocenters. The molecular formula is C17H20N6O3. The van der Waals surface area contributed by atoms with Crippen molar-refractivity contribution in [2.45, 2.75) is 0 Å². The smallest absolute Gasteiger partial charge is 0.325 e. The summed E-state index contributed by atoms with van der Waals surface area (Å²) < 4.78 is 10.7. The number of para-hydroxylation sites is 1. The Balaban J connectivity index is 1.69. The molecule has 2 aromatic rings. The van der Waals surface area contributed by atoms with Crippen LogP contribution in [0.2, 0.25) is 0 Å². The van der Waals surface area contributed by atoms with Gasteiger partial charge in [-0.3, -0.25) is 9.69 Å². The number of ether oxygens (including phenoxy) is 2. The van der Waals surface area contributed by atoms with Crippen molar-refractivity contribution in [3.05, 3.63) is 36.4 Å². The first-order chi connectivity index (χ1) is 12.6. The number of hydrogen-bond acceptors (Lipinski definition) is 9. The highest BCUT2D eigenvalue weighted by molar-refractivity contribution is 5.76. The zero-order chi connectivity index (χ0) is 18.4. The fraction of sp³-hybridized carbons (Fsp3) is 0.294. The summed E-state index contributed by atoms with van der Waals surface area (Å²) in [5, 5.41) is 8.18. The van der Waals surface area contributed by atoms with Gasteiger partial charge in [0.05, 0.1) is 19.8 Å². The molecule has 0 bridgehead atoms. The normalized spacial score (nSPS) is 15.2. The molecule has 0 aliphatic carbocycles. The van der Waals surface area contributed by atoms with Crippen LogP contribution in [0, 0.1) is 0 Å². The Hall–Kier alpha value is -3.04. The predicted molar refractivity (Wildman–Crippen MR) is 96.6 cm³/mol. The molecule has 0 spiro atoms. The lowest BCUT2D eigenvalue weighted by molar-refractivity contribution is -0.136. The van der Waals surface area contributed by atoms with Crippen LogP contribution in [0.15, 0.2) is 46.6 Å². The van der Waals surface area contributed by atoms with E-state index < -0.39 is 0 Å². The molecule has 9 heteroatoms. The van der Waals surface area contributed by atoms with Gasteiger partial charge in [-0.25, -0.2) is 4.98 Å². The summed E-state index contributed by atoms with van der Waals surface area (Å²) in [6.07, 6.45) is 0. The predicted octanol–water partition coefficient (Wildman–Crippen LogP) is 1.90. The van der Waals surface area contributed by atoms with E-state index in [0.29, 0.717) is 49.2 Å². The van der Waals surface area contributed by atoms with E-state index in [1.165, 1.54) is 0 Å². The van der Waals surface area contributed by atoms with Crippen LogP contribution in [-0.2, 0) is 9.53 Å². The number of esters is 1. The van der Waals surface area contributed by atoms with Crippen LogP contribution in [0.4, 0.5) is 23.0 Å². The summed E-state index contributed by atoms with van der Waals surface area (Å²) in [5.74, 6) is 0.453. The number of nitrogens with two attached hydrogens (primary N) is 2. The Bertz CT molecular complexity index is 805. The largest absolute Gasteiger partial charge is 0.423 e. The second-order valence-electron chi connectivity index (χ2n) is 5.67. The molecule has 1 saturated heterocycles. The number of nitrogen functional groups attached to an aromatic ring is 2. The zero-order valence-corrected chi connectivity index (χ0v) is 14.2. The highest BCUT2D eigenvalue weighted by Gasteiger charge is 2.16. The maximum absolute atomic E-state index is 12.2. The Morgan fingerprint density at radius 1 is 1.12 bits per heavy atom. The number of benzene rings is 1. The fourth-order valence-electron chi connectivity index (χ4n) is 2.40. The molecule has 1 aliphatic rings. The van der Waals surface area contributed by atoms with Crippen molar-refractivity contribution in [1.82, 2.24) is 9.88 Å². The second kappa shape index (κ2) is 8.37. The van der Waals surface area contributed by atoms with Crippen molar-refractivity contribution in [3.63, 3.8) is 0 Å². The number of anilines is 2. The van der Waals surface area contributed by atoms with Crippen molar-refractivity contribution in [2.75, 3.05) is 44.3 Å². The summed E-state index contributed by atoms with van der Waals surface area (Å²) in [6.45, 7) is 2.85. The van der Waals surface area contributed by atoms with Gasteiger partial charge >= 0.3 is 5.97 Å². The Morgan fingerprint density at radius 3 is 2.62 bits per heavy atom. The van der Waals surface area contributed by atoms with E-state index in [-0.39, 0.29) is 18.3 Å². The topological polar surface area (TPSA) is 128 Å². The van der Waals surface area contributed by atoms with E-state index in [9.17, 15) is 4.79 Å². The molecule has 3 rings (SSSR count). The quantitative estimate of drug-likeness (QED) is 0.475. The van der Waals surface area contributed by atoms with Crippen LogP contribution in [0.5, 0.6) is 5.75 Å². The van der Waals surface area contributed by atoms with Crippen LogP contribution in [0.3, 0.4) is 0 Å². The number of hydrogen-bond donors (Lipinski definition) is 2. The van der Waals surface area contributed by atoms with Gasteiger partial charge in [0, 0.05) is 13.1 Å². The summed E-state index contributed by atoms with van der Waals surface area (Å²) in [5.41, 5.74) is 12.1. The van der Waals surface area contributed by atoms with Crippen LogP contribution in [0.25, 0.3) is 0 Å². The average molecular weight is 356 g/mol. The van der Waals surface area contributed by atoms with Gasteiger partial charge in [-0.05, 0) is 24.3 Å². The highest BCUT2D eigenvalue weighted by Crippen LogP contribution is 2.30. The SMILES string of the molecule is Nc1ccc(N=Nc2ccccc2OC(=O)CN2CCOCC2)c(N)n1. The lowest BCUT2D eigenvalue weighted by Gasteiger charge is -2.25. The van der Waals surface area contributed by atoms with E-state index in [4.69, 9.17) is 20.9 Å². The molecule has 2 heterocycles. The number of nitrogens with zero attached hydrogens (tertiary/aromatic N) is 4. The van der Waals surface area contributed by atoms with Gasteiger partial charge in [0.1, 0.15) is 17.2 Å². The minimum atomic E-state index is -0.358. The van der Waals surface area contributed by atoms with E-state index in [2.05, 4.69) is 15.2 Å². The minimum absolute atomic E-state index is 0.176. The van der Waals surface area contributed by atoms with Gasteiger partial charge < -0.3 is 20.9 Å². The lowest BCUT2D eigenvalue weighted by atomic mass is 10.3. The van der Waals surface area contributed by atoms with Crippen LogP contribution in [-0.4, -0.2) is 48.7 Å². The molecular weight excluding hydrogens is 336 g/mol. The third-order valence-electron chi connectivity index (χ3n) is 3.73. The first-order valence-corrected chi connectivity index (χ1v) is 8.15. The number of carbonyl (C=O) groups is 1.